The van der Waals surface area contributed by atoms with E-state index in [0.717, 1.165) is 44.5 Å². The maximum absolute atomic E-state index is 12.9. The van der Waals surface area contributed by atoms with Crippen molar-refractivity contribution < 1.29 is 19.1 Å². The van der Waals surface area contributed by atoms with Crippen LogP contribution in [0.25, 0.3) is 0 Å². The maximum atomic E-state index is 12.9. The van der Waals surface area contributed by atoms with Gasteiger partial charge in [-0.1, -0.05) is 43.2 Å². The highest BCUT2D eigenvalue weighted by Crippen LogP contribution is 2.17. The molecule has 0 spiro atoms. The number of thiocarbonyl (C=S) groups is 1. The molecule has 0 atom stereocenters. The van der Waals surface area contributed by atoms with Crippen LogP contribution in [-0.4, -0.2) is 48.1 Å². The summed E-state index contributed by atoms with van der Waals surface area (Å²) in [7, 11) is 0. The molecule has 1 aliphatic rings. The lowest BCUT2D eigenvalue weighted by atomic mass is 10.1. The number of carbonyl (C=O) groups is 2. The van der Waals surface area contributed by atoms with Gasteiger partial charge in [-0.25, -0.2) is 0 Å². The van der Waals surface area contributed by atoms with Gasteiger partial charge in [0.2, 0.25) is 0 Å². The molecular formula is C29H31N3O4S. The van der Waals surface area contributed by atoms with Gasteiger partial charge in [0.1, 0.15) is 24.7 Å². The van der Waals surface area contributed by atoms with Crippen LogP contribution >= 0.6 is 12.2 Å². The van der Waals surface area contributed by atoms with E-state index in [1.54, 1.807) is 42.5 Å². The lowest BCUT2D eigenvalue weighted by molar-refractivity contribution is 0.0761. The summed E-state index contributed by atoms with van der Waals surface area (Å²) in [4.78, 5) is 27.6. The Balaban J connectivity index is 1.27. The van der Waals surface area contributed by atoms with Crippen LogP contribution in [0.15, 0.2) is 78.9 Å². The number of amides is 2. The van der Waals surface area contributed by atoms with Crippen LogP contribution in [0, 0.1) is 0 Å². The first-order valence-electron chi connectivity index (χ1n) is 12.5. The molecular weight excluding hydrogens is 486 g/mol. The van der Waals surface area contributed by atoms with Crippen LogP contribution in [0.2, 0.25) is 0 Å². The summed E-state index contributed by atoms with van der Waals surface area (Å²) in [5.74, 6) is 0.992. The second-order valence-electron chi connectivity index (χ2n) is 8.73. The molecule has 4 rings (SSSR count). The highest BCUT2D eigenvalue weighted by atomic mass is 32.1. The summed E-state index contributed by atoms with van der Waals surface area (Å²) in [5.41, 5.74) is 1.65. The molecule has 1 aliphatic heterocycles. The third-order valence-corrected chi connectivity index (χ3v) is 6.15. The summed E-state index contributed by atoms with van der Waals surface area (Å²) in [6, 6.07) is 23.5. The second-order valence-corrected chi connectivity index (χ2v) is 9.14. The summed E-state index contributed by atoms with van der Waals surface area (Å²) in [5, 5.41) is 5.84. The fourth-order valence-corrected chi connectivity index (χ4v) is 4.30. The predicted octanol–water partition coefficient (Wildman–Crippen LogP) is 5.29. The summed E-state index contributed by atoms with van der Waals surface area (Å²) >= 11 is 5.34. The molecule has 0 radical (unpaired) electrons. The van der Waals surface area contributed by atoms with Crippen molar-refractivity contribution in [2.75, 3.05) is 31.6 Å². The van der Waals surface area contributed by atoms with Gasteiger partial charge in [-0.15, -0.1) is 0 Å². The Morgan fingerprint density at radius 3 is 2.16 bits per heavy atom. The number of carbonyl (C=O) groups excluding carboxylic acids is 2. The molecule has 0 unspecified atom stereocenters. The van der Waals surface area contributed by atoms with Gasteiger partial charge in [0.15, 0.2) is 5.11 Å². The van der Waals surface area contributed by atoms with Gasteiger partial charge >= 0.3 is 0 Å². The van der Waals surface area contributed by atoms with E-state index in [4.69, 9.17) is 21.7 Å². The van der Waals surface area contributed by atoms with Crippen molar-refractivity contribution in [3.05, 3.63) is 90.0 Å². The molecule has 0 aliphatic carbocycles. The van der Waals surface area contributed by atoms with Gasteiger partial charge < -0.3 is 19.7 Å². The van der Waals surface area contributed by atoms with E-state index in [-0.39, 0.29) is 16.9 Å². The van der Waals surface area contributed by atoms with E-state index in [1.807, 2.05) is 41.3 Å². The van der Waals surface area contributed by atoms with E-state index in [0.29, 0.717) is 35.8 Å². The normalized spacial score (nSPS) is 13.2. The molecule has 8 heteroatoms. The second kappa shape index (κ2) is 13.4. The Hall–Kier alpha value is -3.91. The van der Waals surface area contributed by atoms with E-state index in [2.05, 4.69) is 10.6 Å². The third kappa shape index (κ3) is 8.05. The molecule has 3 aromatic rings. The number of hydrogen-bond donors (Lipinski definition) is 2. The van der Waals surface area contributed by atoms with E-state index < -0.39 is 0 Å². The fraction of sp³-hybridized carbons (Fsp3) is 0.276. The Morgan fingerprint density at radius 2 is 1.41 bits per heavy atom. The number of ether oxygens (including phenoxy) is 2. The van der Waals surface area contributed by atoms with Crippen molar-refractivity contribution in [3.63, 3.8) is 0 Å². The molecule has 0 saturated carbocycles. The number of anilines is 1. The van der Waals surface area contributed by atoms with Crippen molar-refractivity contribution in [2.45, 2.75) is 25.7 Å². The Bertz CT molecular complexity index is 1210. The molecule has 2 N–H and O–H groups in total. The van der Waals surface area contributed by atoms with Gasteiger partial charge in [-0.2, -0.15) is 0 Å². The molecule has 2 amide bonds. The maximum Gasteiger partial charge on any atom is 0.257 e. The Labute approximate surface area is 222 Å². The third-order valence-electron chi connectivity index (χ3n) is 5.95. The molecule has 192 valence electrons. The van der Waals surface area contributed by atoms with Gasteiger partial charge in [-0.05, 0) is 73.6 Å². The summed E-state index contributed by atoms with van der Waals surface area (Å²) in [6.45, 7) is 2.29. The molecule has 1 fully saturated rings. The molecule has 0 aromatic heterocycles. The highest BCUT2D eigenvalue weighted by Gasteiger charge is 2.18. The van der Waals surface area contributed by atoms with Gasteiger partial charge in [0.25, 0.3) is 11.8 Å². The van der Waals surface area contributed by atoms with E-state index in [9.17, 15) is 9.59 Å². The predicted molar refractivity (Wildman–Crippen MR) is 148 cm³/mol. The van der Waals surface area contributed by atoms with E-state index >= 15 is 0 Å². The van der Waals surface area contributed by atoms with Crippen molar-refractivity contribution in [1.29, 1.82) is 0 Å². The number of rotatable bonds is 8. The van der Waals surface area contributed by atoms with Crippen molar-refractivity contribution in [1.82, 2.24) is 10.2 Å². The average Bonchev–Trinajstić information content (AvgIpc) is 3.21. The Kier molecular flexibility index (Phi) is 9.48. The van der Waals surface area contributed by atoms with Gasteiger partial charge in [-0.3, -0.25) is 14.9 Å². The molecule has 1 heterocycles. The number of nitrogens with zero attached hydrogens (tertiary/aromatic N) is 1. The zero-order valence-electron chi connectivity index (χ0n) is 20.7. The molecule has 0 bridgehead atoms. The molecule has 3 aromatic carbocycles. The van der Waals surface area contributed by atoms with Crippen molar-refractivity contribution in [3.8, 4) is 11.5 Å². The topological polar surface area (TPSA) is 79.9 Å². The first-order chi connectivity index (χ1) is 18.1. The minimum atomic E-state index is -0.361. The lowest BCUT2D eigenvalue weighted by Crippen LogP contribution is -2.34. The average molecular weight is 518 g/mol. The number of para-hydroxylation sites is 1. The lowest BCUT2D eigenvalue weighted by Gasteiger charge is -2.20. The minimum Gasteiger partial charge on any atom is -0.490 e. The van der Waals surface area contributed by atoms with E-state index in [1.165, 1.54) is 0 Å². The number of benzene rings is 3. The molecule has 37 heavy (non-hydrogen) atoms. The van der Waals surface area contributed by atoms with Crippen LogP contribution in [0.5, 0.6) is 11.5 Å². The first kappa shape index (κ1) is 26.2. The largest absolute Gasteiger partial charge is 0.490 e. The van der Waals surface area contributed by atoms with Gasteiger partial charge in [0, 0.05) is 29.9 Å². The van der Waals surface area contributed by atoms with Crippen LogP contribution in [0.3, 0.4) is 0 Å². The quantitative estimate of drug-likeness (QED) is 0.312. The van der Waals surface area contributed by atoms with Crippen molar-refractivity contribution >= 4 is 34.8 Å². The van der Waals surface area contributed by atoms with Crippen molar-refractivity contribution in [2.24, 2.45) is 0 Å². The molecule has 1 saturated heterocycles. The smallest absolute Gasteiger partial charge is 0.257 e. The first-order valence-corrected chi connectivity index (χ1v) is 12.9. The SMILES string of the molecule is O=C(NC(=S)Nc1cccc(C(=O)N2CCCCCC2)c1)c1cccc(OCCOc2ccccc2)c1. The van der Waals surface area contributed by atoms with Crippen LogP contribution in [0.4, 0.5) is 5.69 Å². The highest BCUT2D eigenvalue weighted by molar-refractivity contribution is 7.80. The Morgan fingerprint density at radius 1 is 0.757 bits per heavy atom. The van der Waals surface area contributed by atoms with Crippen LogP contribution < -0.4 is 20.1 Å². The van der Waals surface area contributed by atoms with Crippen LogP contribution in [-0.2, 0) is 0 Å². The number of hydrogen-bond acceptors (Lipinski definition) is 5. The monoisotopic (exact) mass is 517 g/mol. The minimum absolute atomic E-state index is 0.0199. The fourth-order valence-electron chi connectivity index (χ4n) is 4.09. The molecule has 7 nitrogen and oxygen atoms in total. The summed E-state index contributed by atoms with van der Waals surface area (Å²) < 4.78 is 11.3. The van der Waals surface area contributed by atoms with Crippen LogP contribution in [0.1, 0.15) is 46.4 Å². The van der Waals surface area contributed by atoms with Gasteiger partial charge in [0.05, 0.1) is 0 Å². The zero-order chi connectivity index (χ0) is 25.9. The number of nitrogens with one attached hydrogen (secondary N) is 2. The standard InChI is InChI=1S/C29H31N3O4S/c33-27(22-10-9-15-26(21-22)36-19-18-35-25-13-4-3-5-14-25)31-29(37)30-24-12-8-11-23(20-24)28(34)32-16-6-1-2-7-17-32/h3-5,8-15,20-21H,1-2,6-7,16-19H2,(H2,30,31,33,37). The zero-order valence-corrected chi connectivity index (χ0v) is 21.5. The number of likely N-dealkylation sites (tertiary alicyclic amines) is 1. The summed E-state index contributed by atoms with van der Waals surface area (Å²) in [6.07, 6.45) is 4.40.